The Morgan fingerprint density at radius 2 is 2.15 bits per heavy atom. The van der Waals surface area contributed by atoms with E-state index in [1.807, 2.05) is 6.92 Å². The number of aliphatic hydroxyl groups is 1. The lowest BCUT2D eigenvalue weighted by atomic mass is 9.88. The van der Waals surface area contributed by atoms with Crippen LogP contribution in [-0.2, 0) is 9.53 Å². The van der Waals surface area contributed by atoms with Gasteiger partial charge >= 0.3 is 5.97 Å². The van der Waals surface area contributed by atoms with Crippen molar-refractivity contribution in [1.82, 2.24) is 0 Å². The third kappa shape index (κ3) is 5.77. The molecule has 4 nitrogen and oxygen atoms in total. The number of hydrogen-bond acceptors (Lipinski definition) is 3. The molecule has 0 aromatic carbocycles. The minimum Gasteiger partial charge on any atom is -0.492 e. The number of carbonyl (C=O) groups is 1. The van der Waals surface area contributed by atoms with Gasteiger partial charge in [-0.15, -0.1) is 0 Å². The van der Waals surface area contributed by atoms with Crippen molar-refractivity contribution in [2.75, 3.05) is 0 Å². The summed E-state index contributed by atoms with van der Waals surface area (Å²) in [5, 5.41) is 18.8. The maximum absolute atomic E-state index is 14.8. The van der Waals surface area contributed by atoms with Gasteiger partial charge in [0.2, 0.25) is 0 Å². The molecule has 27 heavy (non-hydrogen) atoms. The molecule has 0 radical (unpaired) electrons. The van der Waals surface area contributed by atoms with Gasteiger partial charge in [0.05, 0.1) is 0 Å². The molecule has 1 aliphatic carbocycles. The summed E-state index contributed by atoms with van der Waals surface area (Å²) in [4.78, 5) is 10.5. The maximum Gasteiger partial charge on any atom is 0.303 e. The molecule has 1 aliphatic heterocycles. The van der Waals surface area contributed by atoms with Crippen LogP contribution in [0.2, 0.25) is 0 Å². The Morgan fingerprint density at radius 3 is 2.81 bits per heavy atom. The zero-order valence-electron chi connectivity index (χ0n) is 16.2. The third-order valence-electron chi connectivity index (χ3n) is 5.72. The predicted octanol–water partition coefficient (Wildman–Crippen LogP) is 4.72. The normalized spacial score (nSPS) is 32.4. The summed E-state index contributed by atoms with van der Waals surface area (Å²) in [5.74, 6) is -0.975. The van der Waals surface area contributed by atoms with Gasteiger partial charge in [-0.2, -0.15) is 0 Å². The van der Waals surface area contributed by atoms with Crippen LogP contribution in [0.5, 0.6) is 0 Å². The van der Waals surface area contributed by atoms with E-state index in [0.29, 0.717) is 31.4 Å². The Labute approximate surface area is 160 Å². The van der Waals surface area contributed by atoms with Gasteiger partial charge in [0.15, 0.2) is 6.17 Å². The van der Waals surface area contributed by atoms with Gasteiger partial charge in [-0.1, -0.05) is 31.9 Å². The maximum atomic E-state index is 14.8. The molecule has 1 heterocycles. The summed E-state index contributed by atoms with van der Waals surface area (Å²) in [6, 6.07) is 0. The SMILES string of the molecule is CCCCC(C)(F)[C@H](O)/C=C/[C@H]1CC[C@@H]2O/C(=C\CCCC(=O)O)C(F)[C@@H]21. The van der Waals surface area contributed by atoms with E-state index in [1.165, 1.54) is 13.0 Å². The van der Waals surface area contributed by atoms with E-state index in [0.717, 1.165) is 19.3 Å². The van der Waals surface area contributed by atoms with Gasteiger partial charge in [0.1, 0.15) is 23.6 Å². The molecule has 2 rings (SSSR count). The topological polar surface area (TPSA) is 66.8 Å². The van der Waals surface area contributed by atoms with Crippen molar-refractivity contribution in [3.8, 4) is 0 Å². The van der Waals surface area contributed by atoms with Crippen LogP contribution in [0.1, 0.15) is 65.2 Å². The van der Waals surface area contributed by atoms with Gasteiger partial charge in [-0.25, -0.2) is 8.78 Å². The van der Waals surface area contributed by atoms with E-state index in [4.69, 9.17) is 9.84 Å². The Hall–Kier alpha value is -1.43. The lowest BCUT2D eigenvalue weighted by Gasteiger charge is -2.24. The van der Waals surface area contributed by atoms with Crippen LogP contribution in [0.25, 0.3) is 0 Å². The average molecular weight is 386 g/mol. The van der Waals surface area contributed by atoms with E-state index in [1.54, 1.807) is 12.2 Å². The number of alkyl halides is 2. The number of aliphatic carboxylic acids is 1. The molecule has 6 atom stereocenters. The highest BCUT2D eigenvalue weighted by atomic mass is 19.1. The molecule has 1 saturated heterocycles. The first kappa shape index (κ1) is 21.9. The van der Waals surface area contributed by atoms with E-state index in [-0.39, 0.29) is 24.4 Å². The molecule has 2 fully saturated rings. The number of aliphatic hydroxyl groups excluding tert-OH is 1. The molecule has 6 heteroatoms. The van der Waals surface area contributed by atoms with Crippen molar-refractivity contribution in [1.29, 1.82) is 0 Å². The first-order valence-corrected chi connectivity index (χ1v) is 10.0. The van der Waals surface area contributed by atoms with Crippen LogP contribution in [0.15, 0.2) is 24.0 Å². The summed E-state index contributed by atoms with van der Waals surface area (Å²) < 4.78 is 35.1. The molecule has 0 bridgehead atoms. The molecule has 2 N–H and O–H groups in total. The molecule has 0 amide bonds. The Balaban J connectivity index is 1.93. The number of unbranched alkanes of at least 4 members (excludes halogenated alkanes) is 2. The Kier molecular flexibility index (Phi) is 7.83. The highest BCUT2D eigenvalue weighted by Crippen LogP contribution is 2.47. The minimum atomic E-state index is -1.68. The molecule has 1 saturated carbocycles. The molecule has 2 unspecified atom stereocenters. The largest absolute Gasteiger partial charge is 0.492 e. The predicted molar refractivity (Wildman–Crippen MR) is 99.7 cm³/mol. The van der Waals surface area contributed by atoms with Crippen molar-refractivity contribution in [3.05, 3.63) is 24.0 Å². The van der Waals surface area contributed by atoms with Gasteiger partial charge in [0, 0.05) is 12.3 Å². The summed E-state index contributed by atoms with van der Waals surface area (Å²) in [6.45, 7) is 3.38. The highest BCUT2D eigenvalue weighted by molar-refractivity contribution is 5.66. The monoisotopic (exact) mass is 386 g/mol. The fourth-order valence-corrected chi connectivity index (χ4v) is 3.99. The summed E-state index contributed by atoms with van der Waals surface area (Å²) in [6.07, 6.45) is 6.58. The number of rotatable bonds is 10. The number of carboxylic acids is 1. The van der Waals surface area contributed by atoms with Gasteiger partial charge in [-0.3, -0.25) is 4.79 Å². The summed E-state index contributed by atoms with van der Waals surface area (Å²) in [7, 11) is 0. The quantitative estimate of drug-likeness (QED) is 0.421. The molecule has 0 spiro atoms. The molecular formula is C21H32F2O4. The number of fused-ring (bicyclic) bond motifs is 1. The second-order valence-corrected chi connectivity index (χ2v) is 7.98. The van der Waals surface area contributed by atoms with Crippen LogP contribution >= 0.6 is 0 Å². The minimum absolute atomic E-state index is 0.0525. The van der Waals surface area contributed by atoms with Crippen molar-refractivity contribution >= 4 is 5.97 Å². The highest BCUT2D eigenvalue weighted by Gasteiger charge is 2.49. The summed E-state index contributed by atoms with van der Waals surface area (Å²) >= 11 is 0. The number of hydrogen-bond donors (Lipinski definition) is 2. The first-order chi connectivity index (χ1) is 12.8. The first-order valence-electron chi connectivity index (χ1n) is 10.0. The Morgan fingerprint density at radius 1 is 1.41 bits per heavy atom. The standard InChI is InChI=1S/C21H32F2O4/c1-3-4-13-21(2,23)17(24)12-10-14-9-11-15-19(14)20(22)16(27-15)7-5-6-8-18(25)26/h7,10,12,14-15,17,19-20,24H,3-6,8-9,11,13H2,1-2H3,(H,25,26)/b12-10+,16-7-/t14-,15+,17-,19-,20?,21?/m1/s1. The number of ether oxygens (including phenoxy) is 1. The number of halogens is 2. The van der Waals surface area contributed by atoms with E-state index in [9.17, 15) is 18.7 Å². The van der Waals surface area contributed by atoms with E-state index >= 15 is 0 Å². The fourth-order valence-electron chi connectivity index (χ4n) is 3.99. The molecule has 0 aromatic rings. The zero-order chi connectivity index (χ0) is 20.0. The third-order valence-corrected chi connectivity index (χ3v) is 5.72. The van der Waals surface area contributed by atoms with Crippen LogP contribution in [0.3, 0.4) is 0 Å². The molecule has 2 aliphatic rings. The van der Waals surface area contributed by atoms with Crippen molar-refractivity contribution < 1.29 is 28.5 Å². The molecule has 154 valence electrons. The molecule has 0 aromatic heterocycles. The molecular weight excluding hydrogens is 354 g/mol. The smallest absolute Gasteiger partial charge is 0.303 e. The zero-order valence-corrected chi connectivity index (χ0v) is 16.2. The summed E-state index contributed by atoms with van der Waals surface area (Å²) in [5.41, 5.74) is -1.68. The van der Waals surface area contributed by atoms with Crippen molar-refractivity contribution in [3.63, 3.8) is 0 Å². The van der Waals surface area contributed by atoms with Crippen LogP contribution < -0.4 is 0 Å². The van der Waals surface area contributed by atoms with Crippen LogP contribution in [0, 0.1) is 11.8 Å². The van der Waals surface area contributed by atoms with Crippen LogP contribution in [0.4, 0.5) is 8.78 Å². The van der Waals surface area contributed by atoms with Gasteiger partial charge < -0.3 is 14.9 Å². The second-order valence-electron chi connectivity index (χ2n) is 7.98. The second kappa shape index (κ2) is 9.67. The van der Waals surface area contributed by atoms with Crippen LogP contribution in [-0.4, -0.2) is 40.2 Å². The lowest BCUT2D eigenvalue weighted by molar-refractivity contribution is -0.137. The van der Waals surface area contributed by atoms with E-state index in [2.05, 4.69) is 0 Å². The fraction of sp³-hybridized carbons (Fsp3) is 0.762. The average Bonchev–Trinajstić information content (AvgIpc) is 3.15. The van der Waals surface area contributed by atoms with Crippen molar-refractivity contribution in [2.24, 2.45) is 11.8 Å². The van der Waals surface area contributed by atoms with Crippen molar-refractivity contribution in [2.45, 2.75) is 89.3 Å². The lowest BCUT2D eigenvalue weighted by Crippen LogP contribution is -2.33. The number of carboxylic acid groups (broad SMARTS) is 1. The van der Waals surface area contributed by atoms with Gasteiger partial charge in [-0.05, 0) is 51.0 Å². The Bertz CT molecular complexity index is 558. The van der Waals surface area contributed by atoms with Gasteiger partial charge in [0.25, 0.3) is 0 Å². The van der Waals surface area contributed by atoms with E-state index < -0.39 is 23.9 Å². The number of allylic oxidation sites excluding steroid dienone is 3.